The average molecular weight is 304 g/mol. The predicted molar refractivity (Wildman–Crippen MR) is 78.5 cm³/mol. The molecule has 1 atom stereocenters. The summed E-state index contributed by atoms with van der Waals surface area (Å²) in [5.41, 5.74) is 0.227. The van der Waals surface area contributed by atoms with Crippen LogP contribution in [0, 0.1) is 23.1 Å². The van der Waals surface area contributed by atoms with Crippen molar-refractivity contribution in [3.05, 3.63) is 29.6 Å². The molecule has 1 aromatic rings. The number of nitrogens with one attached hydrogen (secondary N) is 2. The highest BCUT2D eigenvalue weighted by Crippen LogP contribution is 2.19. The Morgan fingerprint density at radius 2 is 2.23 bits per heavy atom. The van der Waals surface area contributed by atoms with Crippen LogP contribution in [0.4, 0.5) is 14.9 Å². The zero-order valence-electron chi connectivity index (χ0n) is 12.2. The van der Waals surface area contributed by atoms with Crippen molar-refractivity contribution in [3.63, 3.8) is 0 Å². The van der Waals surface area contributed by atoms with Crippen LogP contribution >= 0.6 is 0 Å². The molecule has 0 aliphatic carbocycles. The number of halogens is 1. The van der Waals surface area contributed by atoms with Crippen LogP contribution in [-0.2, 0) is 4.79 Å². The molecule has 6 nitrogen and oxygen atoms in total. The van der Waals surface area contributed by atoms with E-state index in [-0.39, 0.29) is 23.4 Å². The molecule has 22 heavy (non-hydrogen) atoms. The number of benzene rings is 1. The number of nitrogens with zero attached hydrogens (tertiary/aromatic N) is 2. The smallest absolute Gasteiger partial charge is 0.321 e. The Kier molecular flexibility index (Phi) is 4.94. The molecule has 116 valence electrons. The zero-order valence-corrected chi connectivity index (χ0v) is 12.2. The lowest BCUT2D eigenvalue weighted by molar-refractivity contribution is -0.125. The maximum atomic E-state index is 13.3. The van der Waals surface area contributed by atoms with Crippen molar-refractivity contribution in [1.82, 2.24) is 10.2 Å². The molecule has 0 saturated carbocycles. The van der Waals surface area contributed by atoms with Crippen molar-refractivity contribution in [3.8, 4) is 6.07 Å². The fourth-order valence-corrected chi connectivity index (χ4v) is 2.47. The summed E-state index contributed by atoms with van der Waals surface area (Å²) in [6.45, 7) is 0.906. The first kappa shape index (κ1) is 15.8. The van der Waals surface area contributed by atoms with Crippen LogP contribution in [-0.4, -0.2) is 37.0 Å². The van der Waals surface area contributed by atoms with Gasteiger partial charge in [0.25, 0.3) is 0 Å². The van der Waals surface area contributed by atoms with E-state index < -0.39 is 5.82 Å². The minimum absolute atomic E-state index is 0.0777. The van der Waals surface area contributed by atoms with Crippen molar-refractivity contribution in [2.45, 2.75) is 12.8 Å². The second-order valence-corrected chi connectivity index (χ2v) is 5.14. The molecule has 1 aromatic carbocycles. The van der Waals surface area contributed by atoms with E-state index in [1.165, 1.54) is 12.1 Å². The molecular weight excluding hydrogens is 287 g/mol. The number of hydrogen-bond donors (Lipinski definition) is 2. The SMILES string of the molecule is CNC(=O)C1CCCN(C(=O)Nc2ccc(F)c(C#N)c2)C1. The number of carbonyl (C=O) groups excluding carboxylic acids is 2. The number of likely N-dealkylation sites (tertiary alicyclic amines) is 1. The number of rotatable bonds is 2. The van der Waals surface area contributed by atoms with Gasteiger partial charge in [0.1, 0.15) is 11.9 Å². The predicted octanol–water partition coefficient (Wildman–Crippen LogP) is 1.69. The van der Waals surface area contributed by atoms with Gasteiger partial charge in [-0.3, -0.25) is 4.79 Å². The van der Waals surface area contributed by atoms with Crippen LogP contribution in [0.1, 0.15) is 18.4 Å². The molecule has 0 spiro atoms. The van der Waals surface area contributed by atoms with Gasteiger partial charge in [0, 0.05) is 25.8 Å². The summed E-state index contributed by atoms with van der Waals surface area (Å²) in [7, 11) is 1.57. The summed E-state index contributed by atoms with van der Waals surface area (Å²) in [4.78, 5) is 25.4. The molecule has 1 unspecified atom stereocenters. The third-order valence-corrected chi connectivity index (χ3v) is 3.66. The molecule has 2 rings (SSSR count). The Hall–Kier alpha value is -2.62. The number of carbonyl (C=O) groups is 2. The van der Waals surface area contributed by atoms with Crippen molar-refractivity contribution in [2.24, 2.45) is 5.92 Å². The van der Waals surface area contributed by atoms with Gasteiger partial charge in [0.2, 0.25) is 5.91 Å². The first-order valence-electron chi connectivity index (χ1n) is 7.02. The van der Waals surface area contributed by atoms with Gasteiger partial charge in [-0.2, -0.15) is 5.26 Å². The van der Waals surface area contributed by atoms with E-state index in [1.54, 1.807) is 18.0 Å². The van der Waals surface area contributed by atoms with Gasteiger partial charge in [0.15, 0.2) is 0 Å². The molecule has 3 amide bonds. The fraction of sp³-hybridized carbons (Fsp3) is 0.400. The molecule has 1 fully saturated rings. The van der Waals surface area contributed by atoms with Crippen LogP contribution in [0.2, 0.25) is 0 Å². The lowest BCUT2D eigenvalue weighted by atomic mass is 9.97. The van der Waals surface area contributed by atoms with Crippen molar-refractivity contribution in [1.29, 1.82) is 5.26 Å². The molecule has 0 bridgehead atoms. The summed E-state index contributed by atoms with van der Waals surface area (Å²) < 4.78 is 13.3. The molecule has 2 N–H and O–H groups in total. The van der Waals surface area contributed by atoms with E-state index in [4.69, 9.17) is 5.26 Å². The van der Waals surface area contributed by atoms with Crippen LogP contribution in [0.25, 0.3) is 0 Å². The summed E-state index contributed by atoms with van der Waals surface area (Å²) >= 11 is 0. The third kappa shape index (κ3) is 3.52. The highest BCUT2D eigenvalue weighted by atomic mass is 19.1. The summed E-state index contributed by atoms with van der Waals surface area (Å²) in [5, 5.41) is 14.0. The standard InChI is InChI=1S/C15H17FN4O2/c1-18-14(21)10-3-2-6-20(9-10)15(22)19-12-4-5-13(16)11(7-12)8-17/h4-5,7,10H,2-3,6,9H2,1H3,(H,18,21)(H,19,22). The number of anilines is 1. The largest absolute Gasteiger partial charge is 0.359 e. The van der Waals surface area contributed by atoms with Gasteiger partial charge >= 0.3 is 6.03 Å². The van der Waals surface area contributed by atoms with Crippen molar-refractivity contribution >= 4 is 17.6 Å². The van der Waals surface area contributed by atoms with Crippen molar-refractivity contribution in [2.75, 3.05) is 25.5 Å². The Balaban J connectivity index is 2.03. The lowest BCUT2D eigenvalue weighted by Gasteiger charge is -2.31. The minimum atomic E-state index is -0.627. The lowest BCUT2D eigenvalue weighted by Crippen LogP contribution is -2.46. The highest BCUT2D eigenvalue weighted by Gasteiger charge is 2.27. The van der Waals surface area contributed by atoms with Gasteiger partial charge in [-0.25, -0.2) is 9.18 Å². The Labute approximate surface area is 127 Å². The van der Waals surface area contributed by atoms with E-state index in [1.807, 2.05) is 0 Å². The summed E-state index contributed by atoms with van der Waals surface area (Å²) in [6.07, 6.45) is 1.50. The second-order valence-electron chi connectivity index (χ2n) is 5.14. The van der Waals surface area contributed by atoms with Gasteiger partial charge in [-0.05, 0) is 31.0 Å². The third-order valence-electron chi connectivity index (χ3n) is 3.66. The number of piperidine rings is 1. The molecule has 0 radical (unpaired) electrons. The van der Waals surface area contributed by atoms with Crippen molar-refractivity contribution < 1.29 is 14.0 Å². The van der Waals surface area contributed by atoms with E-state index >= 15 is 0 Å². The van der Waals surface area contributed by atoms with Gasteiger partial charge in [-0.1, -0.05) is 0 Å². The molecule has 1 aliphatic rings. The van der Waals surface area contributed by atoms with Crippen LogP contribution in [0.15, 0.2) is 18.2 Å². The number of urea groups is 1. The molecule has 0 aromatic heterocycles. The van der Waals surface area contributed by atoms with Gasteiger partial charge in [-0.15, -0.1) is 0 Å². The average Bonchev–Trinajstić information content (AvgIpc) is 2.55. The van der Waals surface area contributed by atoms with E-state index in [0.717, 1.165) is 18.9 Å². The van der Waals surface area contributed by atoms with Crippen LogP contribution in [0.5, 0.6) is 0 Å². The monoisotopic (exact) mass is 304 g/mol. The Morgan fingerprint density at radius 3 is 2.91 bits per heavy atom. The maximum Gasteiger partial charge on any atom is 0.321 e. The van der Waals surface area contributed by atoms with Crippen LogP contribution < -0.4 is 10.6 Å². The molecular formula is C15H17FN4O2. The van der Waals surface area contributed by atoms with E-state index in [9.17, 15) is 14.0 Å². The minimum Gasteiger partial charge on any atom is -0.359 e. The highest BCUT2D eigenvalue weighted by molar-refractivity contribution is 5.90. The molecule has 7 heteroatoms. The molecule has 1 heterocycles. The van der Waals surface area contributed by atoms with Gasteiger partial charge < -0.3 is 15.5 Å². The first-order valence-corrected chi connectivity index (χ1v) is 7.02. The van der Waals surface area contributed by atoms with E-state index in [0.29, 0.717) is 18.8 Å². The number of amides is 3. The van der Waals surface area contributed by atoms with E-state index in [2.05, 4.69) is 10.6 Å². The second kappa shape index (κ2) is 6.89. The van der Waals surface area contributed by atoms with Gasteiger partial charge in [0.05, 0.1) is 11.5 Å². The molecule has 1 saturated heterocycles. The maximum absolute atomic E-state index is 13.3. The Morgan fingerprint density at radius 1 is 1.45 bits per heavy atom. The first-order chi connectivity index (χ1) is 10.5. The van der Waals surface area contributed by atoms with Crippen LogP contribution in [0.3, 0.4) is 0 Å². The summed E-state index contributed by atoms with van der Waals surface area (Å²) in [6, 6.07) is 5.19. The summed E-state index contributed by atoms with van der Waals surface area (Å²) in [5.74, 6) is -0.920. The molecule has 1 aliphatic heterocycles. The normalized spacial score (nSPS) is 17.5. The quantitative estimate of drug-likeness (QED) is 0.872. The number of hydrogen-bond acceptors (Lipinski definition) is 3. The fourth-order valence-electron chi connectivity index (χ4n) is 2.47. The zero-order chi connectivity index (χ0) is 16.1. The topological polar surface area (TPSA) is 85.2 Å². The number of nitriles is 1. The Bertz CT molecular complexity index is 626.